The van der Waals surface area contributed by atoms with Crippen molar-refractivity contribution in [3.63, 3.8) is 0 Å². The Bertz CT molecular complexity index is 157. The third-order valence-electron chi connectivity index (χ3n) is 1.99. The average Bonchev–Trinajstić information content (AvgIpc) is 2.03. The lowest BCUT2D eigenvalue weighted by Crippen LogP contribution is -2.31. The molecule has 72 valence electrons. The van der Waals surface area contributed by atoms with Gasteiger partial charge in [-0.1, -0.05) is 41.4 Å². The van der Waals surface area contributed by atoms with Gasteiger partial charge < -0.3 is 10.9 Å². The van der Waals surface area contributed by atoms with E-state index < -0.39 is 0 Å². The third-order valence-corrected chi connectivity index (χ3v) is 2.55. The van der Waals surface area contributed by atoms with Crippen molar-refractivity contribution in [2.75, 3.05) is 5.33 Å². The molecule has 0 saturated carbocycles. The van der Waals surface area contributed by atoms with Crippen molar-refractivity contribution >= 4 is 21.8 Å². The van der Waals surface area contributed by atoms with Gasteiger partial charge in [0.1, 0.15) is 5.84 Å². The van der Waals surface area contributed by atoms with Gasteiger partial charge in [-0.05, 0) is 12.8 Å². The molecule has 0 rings (SSSR count). The van der Waals surface area contributed by atoms with Gasteiger partial charge in [-0.25, -0.2) is 0 Å². The zero-order valence-corrected chi connectivity index (χ0v) is 9.26. The van der Waals surface area contributed by atoms with Crippen LogP contribution in [0.5, 0.6) is 0 Å². The molecule has 0 aromatic carbocycles. The lowest BCUT2D eigenvalue weighted by atomic mass is 9.86. The summed E-state index contributed by atoms with van der Waals surface area (Å²) in [6.45, 7) is 3.96. The Morgan fingerprint density at radius 1 is 1.50 bits per heavy atom. The Hall–Kier alpha value is -0.250. The molecule has 0 aromatic rings. The Balaban J connectivity index is 3.87. The van der Waals surface area contributed by atoms with Crippen molar-refractivity contribution in [3.8, 4) is 0 Å². The van der Waals surface area contributed by atoms with E-state index in [-0.39, 0.29) is 5.41 Å². The van der Waals surface area contributed by atoms with Crippen molar-refractivity contribution in [2.45, 2.75) is 33.1 Å². The highest BCUT2D eigenvalue weighted by Crippen LogP contribution is 2.23. The van der Waals surface area contributed by atoms with E-state index in [1.54, 1.807) is 0 Å². The molecular weight excluding hydrogens is 220 g/mol. The fraction of sp³-hybridized carbons (Fsp3) is 0.875. The second-order valence-corrected chi connectivity index (χ2v) is 4.31. The quantitative estimate of drug-likeness (QED) is 0.192. The molecule has 0 saturated heterocycles. The van der Waals surface area contributed by atoms with E-state index in [2.05, 4.69) is 21.1 Å². The zero-order valence-electron chi connectivity index (χ0n) is 7.68. The molecule has 0 fully saturated rings. The summed E-state index contributed by atoms with van der Waals surface area (Å²) in [6, 6.07) is 0. The Morgan fingerprint density at radius 3 is 2.50 bits per heavy atom. The summed E-state index contributed by atoms with van der Waals surface area (Å²) >= 11 is 3.36. The van der Waals surface area contributed by atoms with Crippen molar-refractivity contribution < 1.29 is 5.21 Å². The van der Waals surface area contributed by atoms with Crippen LogP contribution in [-0.2, 0) is 0 Å². The number of hydrogen-bond acceptors (Lipinski definition) is 2. The molecule has 0 aromatic heterocycles. The monoisotopic (exact) mass is 236 g/mol. The average molecular weight is 237 g/mol. The molecule has 0 unspecified atom stereocenters. The van der Waals surface area contributed by atoms with Crippen LogP contribution in [0.25, 0.3) is 0 Å². The molecule has 0 aliphatic carbocycles. The highest BCUT2D eigenvalue weighted by atomic mass is 79.9. The van der Waals surface area contributed by atoms with Crippen LogP contribution in [0.3, 0.4) is 0 Å². The summed E-state index contributed by atoms with van der Waals surface area (Å²) in [5.41, 5.74) is 5.34. The van der Waals surface area contributed by atoms with E-state index in [1.165, 1.54) is 0 Å². The molecule has 0 radical (unpaired) electrons. The van der Waals surface area contributed by atoms with Crippen molar-refractivity contribution in [1.29, 1.82) is 0 Å². The van der Waals surface area contributed by atoms with E-state index in [0.717, 1.165) is 24.6 Å². The van der Waals surface area contributed by atoms with E-state index in [9.17, 15) is 0 Å². The predicted octanol–water partition coefficient (Wildman–Crippen LogP) is 2.32. The predicted molar refractivity (Wildman–Crippen MR) is 54.8 cm³/mol. The van der Waals surface area contributed by atoms with Gasteiger partial charge >= 0.3 is 0 Å². The third kappa shape index (κ3) is 3.95. The summed E-state index contributed by atoms with van der Waals surface area (Å²) in [7, 11) is 0. The molecule has 0 aliphatic rings. The second-order valence-electron chi connectivity index (χ2n) is 3.52. The maximum absolute atomic E-state index is 8.48. The van der Waals surface area contributed by atoms with Gasteiger partial charge in [0.05, 0.1) is 0 Å². The van der Waals surface area contributed by atoms with Gasteiger partial charge in [0.15, 0.2) is 0 Å². The van der Waals surface area contributed by atoms with Gasteiger partial charge in [0, 0.05) is 10.7 Å². The highest BCUT2D eigenvalue weighted by Gasteiger charge is 2.22. The van der Waals surface area contributed by atoms with Crippen LogP contribution in [0, 0.1) is 5.41 Å². The first-order chi connectivity index (χ1) is 5.54. The summed E-state index contributed by atoms with van der Waals surface area (Å²) in [6.07, 6.45) is 3.17. The van der Waals surface area contributed by atoms with Crippen LogP contribution in [0.2, 0.25) is 0 Å². The van der Waals surface area contributed by atoms with Crippen molar-refractivity contribution in [3.05, 3.63) is 0 Å². The molecule has 0 spiro atoms. The molecule has 3 N–H and O–H groups in total. The van der Waals surface area contributed by atoms with Crippen LogP contribution >= 0.6 is 15.9 Å². The number of amidine groups is 1. The molecule has 3 nitrogen and oxygen atoms in total. The van der Waals surface area contributed by atoms with Crippen LogP contribution in [-0.4, -0.2) is 16.4 Å². The minimum absolute atomic E-state index is 0.184. The fourth-order valence-corrected chi connectivity index (χ4v) is 1.32. The topological polar surface area (TPSA) is 58.6 Å². The van der Waals surface area contributed by atoms with Crippen molar-refractivity contribution in [1.82, 2.24) is 0 Å². The smallest absolute Gasteiger partial charge is 0.144 e. The van der Waals surface area contributed by atoms with E-state index in [0.29, 0.717) is 5.84 Å². The standard InChI is InChI=1S/C8H17BrN2O/c1-8(2,7(10)11-12)5-3-4-6-9/h12H,3-6H2,1-2H3,(H2,10,11). The SMILES string of the molecule is CC(C)(CCCCBr)C(N)=NO. The first-order valence-electron chi connectivity index (χ1n) is 4.08. The van der Waals surface area contributed by atoms with Crippen molar-refractivity contribution in [2.24, 2.45) is 16.3 Å². The van der Waals surface area contributed by atoms with Crippen LogP contribution in [0.1, 0.15) is 33.1 Å². The lowest BCUT2D eigenvalue weighted by Gasteiger charge is -2.22. The van der Waals surface area contributed by atoms with Crippen LogP contribution in [0.4, 0.5) is 0 Å². The number of hydrogen-bond donors (Lipinski definition) is 2. The summed E-state index contributed by atoms with van der Waals surface area (Å²) in [4.78, 5) is 0. The number of oxime groups is 1. The Morgan fingerprint density at radius 2 is 2.08 bits per heavy atom. The summed E-state index contributed by atoms with van der Waals surface area (Å²) < 4.78 is 0. The lowest BCUT2D eigenvalue weighted by molar-refractivity contribution is 0.304. The molecule has 0 heterocycles. The largest absolute Gasteiger partial charge is 0.409 e. The molecular formula is C8H17BrN2O. The molecule has 0 bridgehead atoms. The maximum atomic E-state index is 8.48. The van der Waals surface area contributed by atoms with Crippen LogP contribution in [0.15, 0.2) is 5.16 Å². The minimum Gasteiger partial charge on any atom is -0.409 e. The Labute approximate surface area is 82.1 Å². The number of alkyl halides is 1. The number of nitrogens with zero attached hydrogens (tertiary/aromatic N) is 1. The molecule has 4 heteroatoms. The van der Waals surface area contributed by atoms with Crippen LogP contribution < -0.4 is 5.73 Å². The number of rotatable bonds is 5. The number of unbranched alkanes of at least 4 members (excludes halogenated alkanes) is 1. The molecule has 12 heavy (non-hydrogen) atoms. The second kappa shape index (κ2) is 5.41. The van der Waals surface area contributed by atoms with Gasteiger partial charge in [0.2, 0.25) is 0 Å². The zero-order chi connectivity index (χ0) is 9.61. The number of halogens is 1. The van der Waals surface area contributed by atoms with Gasteiger partial charge in [-0.2, -0.15) is 0 Å². The van der Waals surface area contributed by atoms with Gasteiger partial charge in [-0.3, -0.25) is 0 Å². The molecule has 0 aliphatic heterocycles. The summed E-state index contributed by atoms with van der Waals surface area (Å²) in [5.74, 6) is 0.317. The van der Waals surface area contributed by atoms with E-state index in [4.69, 9.17) is 10.9 Å². The van der Waals surface area contributed by atoms with Gasteiger partial charge in [0.25, 0.3) is 0 Å². The molecule has 0 atom stereocenters. The van der Waals surface area contributed by atoms with E-state index in [1.807, 2.05) is 13.8 Å². The Kier molecular flexibility index (Phi) is 5.29. The minimum atomic E-state index is -0.184. The highest BCUT2D eigenvalue weighted by molar-refractivity contribution is 9.09. The fourth-order valence-electron chi connectivity index (χ4n) is 0.925. The normalized spacial score (nSPS) is 13.4. The first kappa shape index (κ1) is 11.8. The van der Waals surface area contributed by atoms with Gasteiger partial charge in [-0.15, -0.1) is 0 Å². The maximum Gasteiger partial charge on any atom is 0.144 e. The van der Waals surface area contributed by atoms with E-state index >= 15 is 0 Å². The molecule has 0 amide bonds. The first-order valence-corrected chi connectivity index (χ1v) is 5.20. The number of nitrogens with two attached hydrogens (primary N) is 1. The summed E-state index contributed by atoms with van der Waals surface area (Å²) in [5, 5.41) is 12.5.